The molecule has 104 valence electrons. The van der Waals surface area contributed by atoms with Gasteiger partial charge in [0.2, 0.25) is 0 Å². The molecule has 1 atom stereocenters. The maximum Gasteiger partial charge on any atom is 0.326 e. The minimum Gasteiger partial charge on any atom is -0.480 e. The van der Waals surface area contributed by atoms with Crippen molar-refractivity contribution in [2.24, 2.45) is 0 Å². The van der Waals surface area contributed by atoms with Crippen LogP contribution in [0.25, 0.3) is 10.9 Å². The number of carboxylic acid groups (broad SMARTS) is 1. The number of carboxylic acids is 1. The zero-order valence-corrected chi connectivity index (χ0v) is 10.8. The number of hydrogen-bond donors (Lipinski definition) is 2. The number of carbonyl (C=O) groups is 2. The molecule has 0 aliphatic carbocycles. The number of benzene rings is 1. The van der Waals surface area contributed by atoms with Gasteiger partial charge in [-0.3, -0.25) is 4.79 Å². The number of fused-ring (bicyclic) bond motifs is 1. The molecular formula is C14H13FN2O3. The molecule has 0 spiro atoms. The molecular weight excluding hydrogens is 263 g/mol. The molecule has 0 fully saturated rings. The minimum atomic E-state index is -1.12. The number of hydrogen-bond acceptors (Lipinski definition) is 3. The van der Waals surface area contributed by atoms with E-state index < -0.39 is 23.7 Å². The van der Waals surface area contributed by atoms with Crippen molar-refractivity contribution in [2.75, 3.05) is 0 Å². The average Bonchev–Trinajstić information content (AvgIpc) is 2.44. The molecule has 20 heavy (non-hydrogen) atoms. The van der Waals surface area contributed by atoms with Crippen LogP contribution >= 0.6 is 0 Å². The minimum absolute atomic E-state index is 0.0118. The number of amides is 1. The normalized spacial score (nSPS) is 12.1. The monoisotopic (exact) mass is 276 g/mol. The number of pyridine rings is 1. The first-order chi connectivity index (χ1) is 9.52. The fraction of sp³-hybridized carbons (Fsp3) is 0.214. The van der Waals surface area contributed by atoms with E-state index in [1.807, 2.05) is 0 Å². The molecule has 1 aromatic heterocycles. The van der Waals surface area contributed by atoms with Gasteiger partial charge in [0.25, 0.3) is 5.91 Å². The predicted molar refractivity (Wildman–Crippen MR) is 70.9 cm³/mol. The van der Waals surface area contributed by atoms with Gasteiger partial charge in [0.1, 0.15) is 23.1 Å². The maximum absolute atomic E-state index is 13.6. The summed E-state index contributed by atoms with van der Waals surface area (Å²) < 4.78 is 13.6. The summed E-state index contributed by atoms with van der Waals surface area (Å²) in [6, 6.07) is 6.51. The van der Waals surface area contributed by atoms with E-state index in [0.29, 0.717) is 5.39 Å². The molecule has 6 heteroatoms. The lowest BCUT2D eigenvalue weighted by molar-refractivity contribution is -0.139. The molecule has 1 aromatic carbocycles. The average molecular weight is 276 g/mol. The molecule has 0 aliphatic heterocycles. The van der Waals surface area contributed by atoms with Crippen LogP contribution in [0.2, 0.25) is 0 Å². The van der Waals surface area contributed by atoms with Crippen molar-refractivity contribution in [1.29, 1.82) is 0 Å². The summed E-state index contributed by atoms with van der Waals surface area (Å²) in [5.41, 5.74) is 0.0748. The Balaban J connectivity index is 2.31. The number of aliphatic carboxylic acids is 1. The fourth-order valence-electron chi connectivity index (χ4n) is 1.81. The molecule has 2 rings (SSSR count). The van der Waals surface area contributed by atoms with Crippen LogP contribution in [-0.2, 0) is 4.79 Å². The number of rotatable bonds is 4. The van der Waals surface area contributed by atoms with E-state index in [1.165, 1.54) is 12.1 Å². The maximum atomic E-state index is 13.6. The Bertz CT molecular complexity index is 673. The van der Waals surface area contributed by atoms with Crippen LogP contribution in [0.15, 0.2) is 30.3 Å². The molecule has 0 aliphatic rings. The number of nitrogens with zero attached hydrogens (tertiary/aromatic N) is 1. The smallest absolute Gasteiger partial charge is 0.326 e. The van der Waals surface area contributed by atoms with Gasteiger partial charge in [-0.25, -0.2) is 14.2 Å². The molecule has 0 radical (unpaired) electrons. The Morgan fingerprint density at radius 1 is 1.35 bits per heavy atom. The summed E-state index contributed by atoms with van der Waals surface area (Å²) in [5, 5.41) is 11.8. The number of carbonyl (C=O) groups excluding carboxylic acids is 1. The van der Waals surface area contributed by atoms with Crippen LogP contribution in [0.4, 0.5) is 4.39 Å². The highest BCUT2D eigenvalue weighted by Gasteiger charge is 2.19. The van der Waals surface area contributed by atoms with Gasteiger partial charge < -0.3 is 10.4 Å². The fourth-order valence-corrected chi connectivity index (χ4v) is 1.81. The summed E-state index contributed by atoms with van der Waals surface area (Å²) in [7, 11) is 0. The highest BCUT2D eigenvalue weighted by atomic mass is 19.1. The third-order valence-corrected chi connectivity index (χ3v) is 2.92. The second-order valence-corrected chi connectivity index (χ2v) is 4.28. The van der Waals surface area contributed by atoms with Crippen molar-refractivity contribution in [3.63, 3.8) is 0 Å². The lowest BCUT2D eigenvalue weighted by Crippen LogP contribution is -2.40. The van der Waals surface area contributed by atoms with E-state index >= 15 is 0 Å². The van der Waals surface area contributed by atoms with Crippen LogP contribution in [0.3, 0.4) is 0 Å². The summed E-state index contributed by atoms with van der Waals surface area (Å²) in [5.74, 6) is -2.28. The first-order valence-corrected chi connectivity index (χ1v) is 6.12. The number of halogens is 1. The largest absolute Gasteiger partial charge is 0.480 e. The highest BCUT2D eigenvalue weighted by molar-refractivity contribution is 5.97. The molecule has 1 unspecified atom stereocenters. The van der Waals surface area contributed by atoms with Gasteiger partial charge in [0.15, 0.2) is 0 Å². The standard InChI is InChI=1S/C14H13FN2O3/c1-2-10(14(19)20)17-13(18)11-7-6-8-4-3-5-9(15)12(8)16-11/h3-7,10H,2H2,1H3,(H,17,18)(H,19,20). The van der Waals surface area contributed by atoms with Gasteiger partial charge in [-0.2, -0.15) is 0 Å². The number of aromatic nitrogens is 1. The van der Waals surface area contributed by atoms with Crippen LogP contribution in [0.1, 0.15) is 23.8 Å². The van der Waals surface area contributed by atoms with Crippen molar-refractivity contribution in [1.82, 2.24) is 10.3 Å². The molecule has 1 amide bonds. The first kappa shape index (κ1) is 13.9. The SMILES string of the molecule is CCC(NC(=O)c1ccc2cccc(F)c2n1)C(=O)O. The Morgan fingerprint density at radius 2 is 2.10 bits per heavy atom. The van der Waals surface area contributed by atoms with Gasteiger partial charge in [-0.05, 0) is 18.6 Å². The molecule has 5 nitrogen and oxygen atoms in total. The Hall–Kier alpha value is -2.50. The third-order valence-electron chi connectivity index (χ3n) is 2.92. The molecule has 0 bridgehead atoms. The molecule has 1 heterocycles. The van der Waals surface area contributed by atoms with Crippen LogP contribution in [0, 0.1) is 5.82 Å². The molecule has 2 N–H and O–H groups in total. The van der Waals surface area contributed by atoms with Crippen LogP contribution in [-0.4, -0.2) is 28.0 Å². The molecule has 0 saturated heterocycles. The van der Waals surface area contributed by atoms with Gasteiger partial charge in [-0.15, -0.1) is 0 Å². The topological polar surface area (TPSA) is 79.3 Å². The Labute approximate surface area is 114 Å². The lowest BCUT2D eigenvalue weighted by atomic mass is 10.2. The van der Waals surface area contributed by atoms with Crippen molar-refractivity contribution < 1.29 is 19.1 Å². The second kappa shape index (κ2) is 5.64. The summed E-state index contributed by atoms with van der Waals surface area (Å²) in [4.78, 5) is 26.7. The number of para-hydroxylation sites is 1. The highest BCUT2D eigenvalue weighted by Crippen LogP contribution is 2.15. The quantitative estimate of drug-likeness (QED) is 0.894. The second-order valence-electron chi connectivity index (χ2n) is 4.28. The van der Waals surface area contributed by atoms with Gasteiger partial charge in [0.05, 0.1) is 0 Å². The van der Waals surface area contributed by atoms with Gasteiger partial charge >= 0.3 is 5.97 Å². The van der Waals surface area contributed by atoms with Crippen molar-refractivity contribution in [3.8, 4) is 0 Å². The van der Waals surface area contributed by atoms with E-state index in [2.05, 4.69) is 10.3 Å². The number of nitrogens with one attached hydrogen (secondary N) is 1. The Morgan fingerprint density at radius 3 is 2.75 bits per heavy atom. The van der Waals surface area contributed by atoms with Crippen molar-refractivity contribution in [3.05, 3.63) is 41.8 Å². The van der Waals surface area contributed by atoms with Crippen molar-refractivity contribution in [2.45, 2.75) is 19.4 Å². The predicted octanol–water partition coefficient (Wildman–Crippen LogP) is 1.97. The van der Waals surface area contributed by atoms with E-state index in [1.54, 1.807) is 25.1 Å². The lowest BCUT2D eigenvalue weighted by Gasteiger charge is -2.12. The van der Waals surface area contributed by atoms with E-state index in [9.17, 15) is 14.0 Å². The zero-order valence-electron chi connectivity index (χ0n) is 10.8. The summed E-state index contributed by atoms with van der Waals surface area (Å²) >= 11 is 0. The first-order valence-electron chi connectivity index (χ1n) is 6.12. The molecule has 2 aromatic rings. The van der Waals surface area contributed by atoms with Crippen molar-refractivity contribution >= 4 is 22.8 Å². The van der Waals surface area contributed by atoms with Crippen LogP contribution < -0.4 is 5.32 Å². The van der Waals surface area contributed by atoms with E-state index in [0.717, 1.165) is 0 Å². The van der Waals surface area contributed by atoms with Crippen LogP contribution in [0.5, 0.6) is 0 Å². The Kier molecular flexibility index (Phi) is 3.93. The van der Waals surface area contributed by atoms with Gasteiger partial charge in [0, 0.05) is 5.39 Å². The zero-order chi connectivity index (χ0) is 14.7. The summed E-state index contributed by atoms with van der Waals surface area (Å²) in [6.07, 6.45) is 0.253. The third kappa shape index (κ3) is 2.74. The van der Waals surface area contributed by atoms with Gasteiger partial charge in [-0.1, -0.05) is 25.1 Å². The van der Waals surface area contributed by atoms with E-state index in [-0.39, 0.29) is 17.6 Å². The molecule has 0 saturated carbocycles. The summed E-state index contributed by atoms with van der Waals surface area (Å²) in [6.45, 7) is 1.65. The van der Waals surface area contributed by atoms with E-state index in [4.69, 9.17) is 5.11 Å².